The monoisotopic (exact) mass is 297 g/mol. The van der Waals surface area contributed by atoms with Crippen molar-refractivity contribution in [1.82, 2.24) is 10.2 Å². The Kier molecular flexibility index (Phi) is 3.56. The third kappa shape index (κ3) is 2.85. The highest BCUT2D eigenvalue weighted by molar-refractivity contribution is 7.91. The molecule has 0 aromatic carbocycles. The zero-order chi connectivity index (χ0) is 14.4. The Morgan fingerprint density at radius 1 is 1.35 bits per heavy atom. The molecular formula is C14H23N3O2S. The summed E-state index contributed by atoms with van der Waals surface area (Å²) in [5.74, 6) is 0.530. The number of hydrogen-bond donors (Lipinski definition) is 1. The zero-order valence-corrected chi connectivity index (χ0v) is 12.8. The summed E-state index contributed by atoms with van der Waals surface area (Å²) in [6.07, 6.45) is 5.10. The fourth-order valence-electron chi connectivity index (χ4n) is 3.74. The van der Waals surface area contributed by atoms with E-state index < -0.39 is 9.84 Å². The lowest BCUT2D eigenvalue weighted by atomic mass is 9.99. The Morgan fingerprint density at radius 2 is 2.10 bits per heavy atom. The van der Waals surface area contributed by atoms with Gasteiger partial charge in [-0.3, -0.25) is 10.2 Å². The van der Waals surface area contributed by atoms with E-state index in [-0.39, 0.29) is 23.1 Å². The van der Waals surface area contributed by atoms with Crippen LogP contribution in [0.25, 0.3) is 0 Å². The van der Waals surface area contributed by atoms with Gasteiger partial charge in [-0.15, -0.1) is 0 Å². The minimum absolute atomic E-state index is 0.0779. The largest absolute Gasteiger partial charge is 0.297 e. The molecule has 5 nitrogen and oxygen atoms in total. The third-order valence-corrected chi connectivity index (χ3v) is 6.75. The van der Waals surface area contributed by atoms with Crippen molar-refractivity contribution < 1.29 is 8.42 Å². The number of hydrogen-bond acceptors (Lipinski definition) is 5. The van der Waals surface area contributed by atoms with Crippen LogP contribution in [0.4, 0.5) is 0 Å². The van der Waals surface area contributed by atoms with Crippen LogP contribution in [-0.4, -0.2) is 55.0 Å². The molecule has 3 rings (SSSR count). The van der Waals surface area contributed by atoms with Crippen molar-refractivity contribution in [2.75, 3.05) is 18.1 Å². The van der Waals surface area contributed by atoms with Gasteiger partial charge in [0.05, 0.1) is 17.6 Å². The standard InChI is InChI=1S/C14H23N3O2S/c1-11-9-20(18,19)7-6-17(11)13-4-5-14(8-13,10-15)16-12-2-3-12/h11-13,16H,2-9H2,1H3. The Hall–Kier alpha value is -0.640. The van der Waals surface area contributed by atoms with E-state index >= 15 is 0 Å². The normalized spacial score (nSPS) is 41.4. The molecule has 20 heavy (non-hydrogen) atoms. The lowest BCUT2D eigenvalue weighted by molar-refractivity contribution is 0.154. The molecule has 0 aromatic rings. The van der Waals surface area contributed by atoms with E-state index in [1.165, 1.54) is 12.8 Å². The highest BCUT2D eigenvalue weighted by Gasteiger charge is 2.46. The minimum atomic E-state index is -2.86. The van der Waals surface area contributed by atoms with Crippen LogP contribution in [0.1, 0.15) is 39.0 Å². The second-order valence-electron chi connectivity index (χ2n) is 6.71. The molecule has 0 aromatic heterocycles. The second-order valence-corrected chi connectivity index (χ2v) is 8.94. The maximum absolute atomic E-state index is 11.7. The Bertz CT molecular complexity index is 523. The van der Waals surface area contributed by atoms with Gasteiger partial charge < -0.3 is 0 Å². The van der Waals surface area contributed by atoms with E-state index in [1.54, 1.807) is 0 Å². The van der Waals surface area contributed by atoms with Crippen LogP contribution >= 0.6 is 0 Å². The van der Waals surface area contributed by atoms with Gasteiger partial charge in [-0.2, -0.15) is 5.26 Å². The van der Waals surface area contributed by atoms with Crippen LogP contribution in [0.15, 0.2) is 0 Å². The number of sulfone groups is 1. The van der Waals surface area contributed by atoms with E-state index in [9.17, 15) is 13.7 Å². The minimum Gasteiger partial charge on any atom is -0.297 e. The maximum Gasteiger partial charge on any atom is 0.153 e. The molecule has 3 unspecified atom stereocenters. The zero-order valence-electron chi connectivity index (χ0n) is 12.0. The van der Waals surface area contributed by atoms with E-state index in [0.717, 1.165) is 19.3 Å². The third-order valence-electron chi connectivity index (χ3n) is 4.95. The molecule has 2 saturated carbocycles. The van der Waals surface area contributed by atoms with Crippen LogP contribution in [0.2, 0.25) is 0 Å². The quantitative estimate of drug-likeness (QED) is 0.829. The predicted octanol–water partition coefficient (Wildman–Crippen LogP) is 0.672. The van der Waals surface area contributed by atoms with Gasteiger partial charge in [-0.25, -0.2) is 8.42 Å². The smallest absolute Gasteiger partial charge is 0.153 e. The molecule has 0 amide bonds. The Balaban J connectivity index is 1.66. The second kappa shape index (κ2) is 4.97. The van der Waals surface area contributed by atoms with E-state index in [4.69, 9.17) is 0 Å². The predicted molar refractivity (Wildman–Crippen MR) is 77.0 cm³/mol. The lowest BCUT2D eigenvalue weighted by Gasteiger charge is -2.38. The first kappa shape index (κ1) is 14.3. The molecule has 2 aliphatic carbocycles. The number of nitrogens with one attached hydrogen (secondary N) is 1. The molecule has 1 N–H and O–H groups in total. The first-order valence-corrected chi connectivity index (χ1v) is 9.40. The number of nitrogens with zero attached hydrogens (tertiary/aromatic N) is 2. The first-order valence-electron chi connectivity index (χ1n) is 7.58. The average molecular weight is 297 g/mol. The molecule has 3 aliphatic rings. The van der Waals surface area contributed by atoms with Crippen molar-refractivity contribution in [3.05, 3.63) is 0 Å². The number of nitriles is 1. The molecule has 0 spiro atoms. The van der Waals surface area contributed by atoms with Crippen LogP contribution in [0.5, 0.6) is 0 Å². The summed E-state index contributed by atoms with van der Waals surface area (Å²) in [5.41, 5.74) is -0.373. The highest BCUT2D eigenvalue weighted by Crippen LogP contribution is 2.37. The van der Waals surface area contributed by atoms with Crippen molar-refractivity contribution >= 4 is 9.84 Å². The maximum atomic E-state index is 11.7. The van der Waals surface area contributed by atoms with Crippen molar-refractivity contribution in [3.63, 3.8) is 0 Å². The van der Waals surface area contributed by atoms with Crippen LogP contribution < -0.4 is 5.32 Å². The van der Waals surface area contributed by atoms with E-state index in [1.807, 2.05) is 6.92 Å². The van der Waals surface area contributed by atoms with Crippen molar-refractivity contribution in [1.29, 1.82) is 5.26 Å². The fraction of sp³-hybridized carbons (Fsp3) is 0.929. The molecule has 0 radical (unpaired) electrons. The molecule has 112 valence electrons. The number of rotatable bonds is 3. The van der Waals surface area contributed by atoms with Gasteiger partial charge in [0, 0.05) is 24.7 Å². The lowest BCUT2D eigenvalue weighted by Crippen LogP contribution is -2.52. The Morgan fingerprint density at radius 3 is 2.70 bits per heavy atom. The summed E-state index contributed by atoms with van der Waals surface area (Å²) in [7, 11) is -2.86. The highest BCUT2D eigenvalue weighted by atomic mass is 32.2. The topological polar surface area (TPSA) is 73.2 Å². The van der Waals surface area contributed by atoms with E-state index in [2.05, 4.69) is 16.3 Å². The van der Waals surface area contributed by atoms with Crippen LogP contribution in [0.3, 0.4) is 0 Å². The molecule has 0 bridgehead atoms. The van der Waals surface area contributed by atoms with Gasteiger partial charge in [-0.1, -0.05) is 0 Å². The molecule has 6 heteroatoms. The molecule has 3 fully saturated rings. The van der Waals surface area contributed by atoms with Crippen LogP contribution in [-0.2, 0) is 9.84 Å². The van der Waals surface area contributed by atoms with Crippen molar-refractivity contribution in [3.8, 4) is 6.07 Å². The summed E-state index contributed by atoms with van der Waals surface area (Å²) in [4.78, 5) is 2.31. The molecule has 1 aliphatic heterocycles. The van der Waals surface area contributed by atoms with Gasteiger partial charge in [-0.05, 0) is 39.0 Å². The van der Waals surface area contributed by atoms with Gasteiger partial charge in [0.15, 0.2) is 9.84 Å². The fourth-order valence-corrected chi connectivity index (χ4v) is 5.32. The average Bonchev–Trinajstić information content (AvgIpc) is 3.07. The molecule has 3 atom stereocenters. The Labute approximate surface area is 121 Å². The van der Waals surface area contributed by atoms with Crippen molar-refractivity contribution in [2.24, 2.45) is 0 Å². The summed E-state index contributed by atoms with van der Waals surface area (Å²) in [5, 5.41) is 13.0. The summed E-state index contributed by atoms with van der Waals surface area (Å²) in [6, 6.07) is 3.46. The molecule has 1 saturated heterocycles. The van der Waals surface area contributed by atoms with Crippen LogP contribution in [0, 0.1) is 11.3 Å². The van der Waals surface area contributed by atoms with Gasteiger partial charge in [0.25, 0.3) is 0 Å². The van der Waals surface area contributed by atoms with Gasteiger partial charge in [0.1, 0.15) is 5.54 Å². The SMILES string of the molecule is CC1CS(=O)(=O)CCN1C1CCC(C#N)(NC2CC2)C1. The van der Waals surface area contributed by atoms with Gasteiger partial charge >= 0.3 is 0 Å². The summed E-state index contributed by atoms with van der Waals surface area (Å²) >= 11 is 0. The van der Waals surface area contributed by atoms with E-state index in [0.29, 0.717) is 18.6 Å². The van der Waals surface area contributed by atoms with Crippen molar-refractivity contribution in [2.45, 2.75) is 62.7 Å². The first-order chi connectivity index (χ1) is 9.43. The molecular weight excluding hydrogens is 274 g/mol. The van der Waals surface area contributed by atoms with Gasteiger partial charge in [0.2, 0.25) is 0 Å². The molecule has 1 heterocycles. The summed E-state index contributed by atoms with van der Waals surface area (Å²) < 4.78 is 23.3. The summed E-state index contributed by atoms with van der Waals surface area (Å²) in [6.45, 7) is 2.62.